The second kappa shape index (κ2) is 5.28. The first kappa shape index (κ1) is 13.2. The number of nitrogens with zero attached hydrogens (tertiary/aromatic N) is 1. The summed E-state index contributed by atoms with van der Waals surface area (Å²) >= 11 is 3.42. The van der Waals surface area contributed by atoms with Gasteiger partial charge in [-0.25, -0.2) is 0 Å². The summed E-state index contributed by atoms with van der Waals surface area (Å²) in [4.78, 5) is 10.8. The number of benzene rings is 1. The summed E-state index contributed by atoms with van der Waals surface area (Å²) in [7, 11) is 0. The minimum Gasteiger partial charge on any atom is -0.493 e. The summed E-state index contributed by atoms with van der Waals surface area (Å²) in [5.41, 5.74) is 3.42. The molecule has 0 spiro atoms. The van der Waals surface area contributed by atoms with Gasteiger partial charge in [0.2, 0.25) is 0 Å². The fourth-order valence-corrected chi connectivity index (χ4v) is 2.88. The molecular formula is C14H13BrN2O3. The summed E-state index contributed by atoms with van der Waals surface area (Å²) in [6, 6.07) is 5.94. The molecule has 0 atom stereocenters. The molecule has 1 aromatic heterocycles. The Labute approximate surface area is 124 Å². The lowest BCUT2D eigenvalue weighted by Crippen LogP contribution is -2.08. The molecule has 0 radical (unpaired) electrons. The van der Waals surface area contributed by atoms with Crippen molar-refractivity contribution in [3.63, 3.8) is 0 Å². The molecule has 1 aromatic carbocycles. The minimum atomic E-state index is -0.889. The lowest BCUT2D eigenvalue weighted by atomic mass is 10.0. The summed E-state index contributed by atoms with van der Waals surface area (Å²) in [5.74, 6) is 0.0390. The number of carboxylic acid groups (broad SMARTS) is 1. The van der Waals surface area contributed by atoms with Crippen LogP contribution >= 0.6 is 15.9 Å². The average molecular weight is 337 g/mol. The summed E-state index contributed by atoms with van der Waals surface area (Å²) in [6.45, 7) is 0.765. The largest absolute Gasteiger partial charge is 0.493 e. The van der Waals surface area contributed by atoms with Crippen LogP contribution in [0.1, 0.15) is 17.7 Å². The van der Waals surface area contributed by atoms with Crippen molar-refractivity contribution < 1.29 is 14.6 Å². The van der Waals surface area contributed by atoms with Crippen molar-refractivity contribution in [1.82, 2.24) is 10.2 Å². The fraction of sp³-hybridized carbons (Fsp3) is 0.286. The first-order chi connectivity index (χ1) is 9.65. The highest BCUT2D eigenvalue weighted by atomic mass is 79.9. The Morgan fingerprint density at radius 3 is 3.15 bits per heavy atom. The Morgan fingerprint density at radius 1 is 1.50 bits per heavy atom. The molecular weight excluding hydrogens is 324 g/mol. The molecule has 0 amide bonds. The molecule has 0 saturated heterocycles. The molecule has 0 saturated carbocycles. The lowest BCUT2D eigenvalue weighted by Gasteiger charge is -2.17. The Bertz CT molecular complexity index is 666. The molecule has 0 aliphatic carbocycles. The van der Waals surface area contributed by atoms with E-state index in [2.05, 4.69) is 32.2 Å². The molecule has 2 aromatic rings. The van der Waals surface area contributed by atoms with Gasteiger partial charge in [0.25, 0.3) is 0 Å². The van der Waals surface area contributed by atoms with Crippen LogP contribution in [-0.4, -0.2) is 27.9 Å². The van der Waals surface area contributed by atoms with E-state index in [-0.39, 0.29) is 6.42 Å². The highest BCUT2D eigenvalue weighted by Crippen LogP contribution is 2.33. The maximum atomic E-state index is 10.8. The van der Waals surface area contributed by atoms with E-state index >= 15 is 0 Å². The third-order valence-electron chi connectivity index (χ3n) is 3.29. The van der Waals surface area contributed by atoms with Gasteiger partial charge in [0, 0.05) is 5.56 Å². The number of nitrogens with one attached hydrogen (secondary N) is 1. The van der Waals surface area contributed by atoms with Gasteiger partial charge in [0.15, 0.2) is 0 Å². The van der Waals surface area contributed by atoms with Crippen molar-refractivity contribution in [2.24, 2.45) is 0 Å². The predicted molar refractivity (Wildman–Crippen MR) is 76.9 cm³/mol. The van der Waals surface area contributed by atoms with Crippen molar-refractivity contribution in [2.45, 2.75) is 19.3 Å². The topological polar surface area (TPSA) is 75.2 Å². The molecule has 6 heteroatoms. The molecule has 2 heterocycles. The monoisotopic (exact) mass is 336 g/mol. The molecule has 0 fully saturated rings. The zero-order chi connectivity index (χ0) is 14.1. The zero-order valence-corrected chi connectivity index (χ0v) is 12.2. The van der Waals surface area contributed by atoms with E-state index < -0.39 is 5.97 Å². The number of carbonyl (C=O) groups is 1. The van der Waals surface area contributed by atoms with Gasteiger partial charge in [0.1, 0.15) is 11.4 Å². The maximum Gasteiger partial charge on any atom is 0.309 e. The second-order valence-corrected chi connectivity index (χ2v) is 5.50. The molecule has 0 bridgehead atoms. The third-order valence-corrected chi connectivity index (χ3v) is 4.14. The number of hydrogen-bond acceptors (Lipinski definition) is 3. The number of rotatable bonds is 3. The molecule has 3 rings (SSSR count). The number of halogens is 1. The van der Waals surface area contributed by atoms with E-state index in [1.165, 1.54) is 5.56 Å². The maximum absolute atomic E-state index is 10.8. The Hall–Kier alpha value is -1.82. The number of hydrogen-bond donors (Lipinski definition) is 2. The van der Waals surface area contributed by atoms with Gasteiger partial charge < -0.3 is 9.84 Å². The van der Waals surface area contributed by atoms with Crippen LogP contribution in [0.3, 0.4) is 0 Å². The van der Waals surface area contributed by atoms with Crippen LogP contribution in [0, 0.1) is 0 Å². The molecule has 104 valence electrons. The van der Waals surface area contributed by atoms with Crippen LogP contribution in [0.25, 0.3) is 11.3 Å². The minimum absolute atomic E-state index is 0.0817. The van der Waals surface area contributed by atoms with Crippen molar-refractivity contribution in [3.8, 4) is 17.0 Å². The number of aromatic nitrogens is 2. The number of aliphatic carboxylic acids is 1. The van der Waals surface area contributed by atoms with E-state index in [9.17, 15) is 4.79 Å². The van der Waals surface area contributed by atoms with Crippen molar-refractivity contribution in [1.29, 1.82) is 0 Å². The van der Waals surface area contributed by atoms with Gasteiger partial charge in [-0.3, -0.25) is 9.89 Å². The quantitative estimate of drug-likeness (QED) is 0.903. The molecule has 5 nitrogen and oxygen atoms in total. The third kappa shape index (κ3) is 2.43. The highest BCUT2D eigenvalue weighted by molar-refractivity contribution is 9.10. The van der Waals surface area contributed by atoms with Crippen LogP contribution in [0.5, 0.6) is 5.75 Å². The van der Waals surface area contributed by atoms with E-state index in [1.807, 2.05) is 12.1 Å². The first-order valence-electron chi connectivity index (χ1n) is 6.36. The van der Waals surface area contributed by atoms with Crippen LogP contribution in [-0.2, 0) is 17.6 Å². The summed E-state index contributed by atoms with van der Waals surface area (Å²) < 4.78 is 6.29. The summed E-state index contributed by atoms with van der Waals surface area (Å²) in [6.07, 6.45) is 1.93. The van der Waals surface area contributed by atoms with E-state index in [0.29, 0.717) is 10.2 Å². The Kier molecular flexibility index (Phi) is 3.48. The van der Waals surface area contributed by atoms with E-state index in [0.717, 1.165) is 36.5 Å². The normalized spacial score (nSPS) is 13.7. The zero-order valence-electron chi connectivity index (χ0n) is 10.6. The van der Waals surface area contributed by atoms with Crippen molar-refractivity contribution in [3.05, 3.63) is 33.9 Å². The van der Waals surface area contributed by atoms with Crippen molar-refractivity contribution >= 4 is 21.9 Å². The van der Waals surface area contributed by atoms with Crippen LogP contribution < -0.4 is 4.74 Å². The van der Waals surface area contributed by atoms with Crippen LogP contribution in [0.4, 0.5) is 0 Å². The number of aryl methyl sites for hydroxylation is 1. The lowest BCUT2D eigenvalue weighted by molar-refractivity contribution is -0.136. The molecule has 0 unspecified atom stereocenters. The van der Waals surface area contributed by atoms with Gasteiger partial charge in [0.05, 0.1) is 23.2 Å². The Balaban J connectivity index is 1.97. The van der Waals surface area contributed by atoms with Gasteiger partial charge in [-0.05, 0) is 52.5 Å². The van der Waals surface area contributed by atoms with Crippen molar-refractivity contribution in [2.75, 3.05) is 6.61 Å². The second-order valence-electron chi connectivity index (χ2n) is 4.71. The van der Waals surface area contributed by atoms with E-state index in [4.69, 9.17) is 9.84 Å². The van der Waals surface area contributed by atoms with Crippen LogP contribution in [0.15, 0.2) is 22.7 Å². The number of carboxylic acids is 1. The summed E-state index contributed by atoms with van der Waals surface area (Å²) in [5, 5.41) is 15.8. The van der Waals surface area contributed by atoms with Gasteiger partial charge >= 0.3 is 5.97 Å². The van der Waals surface area contributed by atoms with Crippen LogP contribution in [0.2, 0.25) is 0 Å². The smallest absolute Gasteiger partial charge is 0.309 e. The first-order valence-corrected chi connectivity index (χ1v) is 7.15. The number of H-pyrrole nitrogens is 1. The highest BCUT2D eigenvalue weighted by Gasteiger charge is 2.17. The number of fused-ring (bicyclic) bond motifs is 1. The van der Waals surface area contributed by atoms with E-state index in [1.54, 1.807) is 0 Å². The standard InChI is InChI=1S/C14H13BrN2O3/c15-13-10(7-12(18)19)16-17-14(13)9-3-4-11-8(6-9)2-1-5-20-11/h3-4,6H,1-2,5,7H2,(H,16,17)(H,18,19). The number of aromatic amines is 1. The Morgan fingerprint density at radius 2 is 2.35 bits per heavy atom. The predicted octanol–water partition coefficient (Wildman–Crippen LogP) is 2.79. The van der Waals surface area contributed by atoms with Gasteiger partial charge in [-0.15, -0.1) is 0 Å². The van der Waals surface area contributed by atoms with Gasteiger partial charge in [-0.1, -0.05) is 0 Å². The molecule has 2 N–H and O–H groups in total. The SMILES string of the molecule is O=C(O)Cc1[nH]nc(-c2ccc3c(c2)CCCO3)c1Br. The molecule has 20 heavy (non-hydrogen) atoms. The molecule has 1 aliphatic heterocycles. The van der Waals surface area contributed by atoms with Gasteiger partial charge in [-0.2, -0.15) is 5.10 Å². The number of ether oxygens (including phenoxy) is 1. The fourth-order valence-electron chi connectivity index (χ4n) is 2.33. The molecule has 1 aliphatic rings. The average Bonchev–Trinajstić information content (AvgIpc) is 2.79.